The Bertz CT molecular complexity index is 252. The quantitative estimate of drug-likeness (QED) is 0.684. The fraction of sp³-hybridized carbons (Fsp3) is 0.900. The zero-order valence-corrected chi connectivity index (χ0v) is 10.5. The van der Waals surface area contributed by atoms with Crippen molar-refractivity contribution in [3.05, 3.63) is 0 Å². The zero-order chi connectivity index (χ0) is 12.0. The molecule has 5 nitrogen and oxygen atoms in total. The van der Waals surface area contributed by atoms with E-state index in [1.807, 2.05) is 0 Å². The van der Waals surface area contributed by atoms with Crippen molar-refractivity contribution >= 4 is 16.8 Å². The topological polar surface area (TPSA) is 60.9 Å². The molecule has 0 radical (unpaired) electrons. The van der Waals surface area contributed by atoms with Crippen LogP contribution in [0.1, 0.15) is 6.42 Å². The third-order valence-electron chi connectivity index (χ3n) is 2.77. The molecular formula is C10H20N2O3S. The smallest absolute Gasteiger partial charge is 0.304 e. The average molecular weight is 248 g/mol. The normalized spacial score (nSPS) is 20.8. The van der Waals surface area contributed by atoms with Crippen LogP contribution in [0.4, 0.5) is 0 Å². The maximum Gasteiger partial charge on any atom is 0.304 e. The molecular weight excluding hydrogens is 228 g/mol. The molecule has 0 saturated carbocycles. The number of hydrogen-bond donors (Lipinski definition) is 1. The van der Waals surface area contributed by atoms with Crippen molar-refractivity contribution in [3.63, 3.8) is 0 Å². The van der Waals surface area contributed by atoms with Crippen LogP contribution >= 0.6 is 0 Å². The highest BCUT2D eigenvalue weighted by molar-refractivity contribution is 7.85. The largest absolute Gasteiger partial charge is 0.481 e. The second-order valence-corrected chi connectivity index (χ2v) is 5.83. The predicted octanol–water partition coefficient (Wildman–Crippen LogP) is -0.543. The Kier molecular flexibility index (Phi) is 5.94. The molecule has 1 rings (SSSR count). The van der Waals surface area contributed by atoms with Gasteiger partial charge in [-0.1, -0.05) is 0 Å². The molecule has 0 bridgehead atoms. The van der Waals surface area contributed by atoms with Crippen LogP contribution in [-0.4, -0.2) is 76.4 Å². The number of carboxylic acid groups (broad SMARTS) is 1. The summed E-state index contributed by atoms with van der Waals surface area (Å²) in [5.41, 5.74) is 0. The van der Waals surface area contributed by atoms with Gasteiger partial charge in [-0.05, 0) is 7.05 Å². The minimum Gasteiger partial charge on any atom is -0.481 e. The first-order valence-electron chi connectivity index (χ1n) is 5.55. The molecule has 0 aliphatic carbocycles. The summed E-state index contributed by atoms with van der Waals surface area (Å²) in [5, 5.41) is 8.46. The van der Waals surface area contributed by atoms with E-state index in [0.29, 0.717) is 5.75 Å². The van der Waals surface area contributed by atoms with E-state index in [0.717, 1.165) is 32.7 Å². The number of nitrogens with zero attached hydrogens (tertiary/aromatic N) is 2. The van der Waals surface area contributed by atoms with Gasteiger partial charge >= 0.3 is 5.97 Å². The molecule has 1 atom stereocenters. The SMILES string of the molecule is CN1CCN(CCS(=O)CCC(=O)O)CC1. The van der Waals surface area contributed by atoms with Gasteiger partial charge < -0.3 is 10.0 Å². The van der Waals surface area contributed by atoms with Gasteiger partial charge in [0, 0.05) is 55.0 Å². The van der Waals surface area contributed by atoms with Crippen molar-refractivity contribution in [3.8, 4) is 0 Å². The zero-order valence-electron chi connectivity index (χ0n) is 9.72. The lowest BCUT2D eigenvalue weighted by atomic mass is 10.3. The molecule has 1 aliphatic rings. The predicted molar refractivity (Wildman–Crippen MR) is 64.1 cm³/mol. The van der Waals surface area contributed by atoms with Crippen LogP contribution in [0.25, 0.3) is 0 Å². The van der Waals surface area contributed by atoms with Gasteiger partial charge in [0.2, 0.25) is 0 Å². The highest BCUT2D eigenvalue weighted by Crippen LogP contribution is 1.99. The second-order valence-electron chi connectivity index (χ2n) is 4.14. The minimum absolute atomic E-state index is 0.00927. The molecule has 6 heteroatoms. The van der Waals surface area contributed by atoms with Crippen LogP contribution in [0.15, 0.2) is 0 Å². The van der Waals surface area contributed by atoms with Gasteiger partial charge in [0.1, 0.15) is 0 Å². The molecule has 0 spiro atoms. The molecule has 0 amide bonds. The lowest BCUT2D eigenvalue weighted by molar-refractivity contribution is -0.136. The molecule has 0 aromatic carbocycles. The standard InChI is InChI=1S/C10H20N2O3S/c1-11-3-5-12(6-4-11)7-9-16(15)8-2-10(13)14/h2-9H2,1H3,(H,13,14). The van der Waals surface area contributed by atoms with E-state index in [1.165, 1.54) is 0 Å². The summed E-state index contributed by atoms with van der Waals surface area (Å²) in [6, 6.07) is 0. The van der Waals surface area contributed by atoms with Gasteiger partial charge in [0.25, 0.3) is 0 Å². The lowest BCUT2D eigenvalue weighted by Crippen LogP contribution is -2.45. The van der Waals surface area contributed by atoms with E-state index in [4.69, 9.17) is 5.11 Å². The van der Waals surface area contributed by atoms with Crippen molar-refractivity contribution in [2.24, 2.45) is 0 Å². The third-order valence-corrected chi connectivity index (χ3v) is 4.07. The Balaban J connectivity index is 2.09. The Labute approximate surface area is 98.9 Å². The summed E-state index contributed by atoms with van der Waals surface area (Å²) in [4.78, 5) is 14.9. The summed E-state index contributed by atoms with van der Waals surface area (Å²) in [6.45, 7) is 4.98. The van der Waals surface area contributed by atoms with Crippen LogP contribution in [0.2, 0.25) is 0 Å². The van der Waals surface area contributed by atoms with E-state index in [9.17, 15) is 9.00 Å². The Hall–Kier alpha value is -0.460. The van der Waals surface area contributed by atoms with Gasteiger partial charge in [-0.25, -0.2) is 0 Å². The van der Waals surface area contributed by atoms with Crippen LogP contribution in [0, 0.1) is 0 Å². The summed E-state index contributed by atoms with van der Waals surface area (Å²) < 4.78 is 11.5. The molecule has 0 aromatic rings. The minimum atomic E-state index is -0.987. The maximum absolute atomic E-state index is 11.5. The molecule has 1 unspecified atom stereocenters. The maximum atomic E-state index is 11.5. The van der Waals surface area contributed by atoms with Gasteiger partial charge in [-0.15, -0.1) is 0 Å². The van der Waals surface area contributed by atoms with Crippen molar-refractivity contribution in [2.75, 3.05) is 51.3 Å². The monoisotopic (exact) mass is 248 g/mol. The Morgan fingerprint density at radius 3 is 2.44 bits per heavy atom. The highest BCUT2D eigenvalue weighted by atomic mass is 32.2. The fourth-order valence-electron chi connectivity index (χ4n) is 1.61. The lowest BCUT2D eigenvalue weighted by Gasteiger charge is -2.32. The first-order chi connectivity index (χ1) is 7.58. The summed E-state index contributed by atoms with van der Waals surface area (Å²) in [5.74, 6) is 0.00743. The van der Waals surface area contributed by atoms with Crippen LogP contribution < -0.4 is 0 Å². The van der Waals surface area contributed by atoms with Gasteiger partial charge in [-0.2, -0.15) is 0 Å². The molecule has 1 aliphatic heterocycles. The number of carboxylic acids is 1. The van der Waals surface area contributed by atoms with Crippen molar-refractivity contribution < 1.29 is 14.1 Å². The first kappa shape index (κ1) is 13.6. The average Bonchev–Trinajstić information content (AvgIpc) is 2.25. The summed E-state index contributed by atoms with van der Waals surface area (Å²) in [6.07, 6.45) is 0.00927. The van der Waals surface area contributed by atoms with E-state index < -0.39 is 16.8 Å². The summed E-state index contributed by atoms with van der Waals surface area (Å²) in [7, 11) is 1.11. The van der Waals surface area contributed by atoms with Crippen molar-refractivity contribution in [1.82, 2.24) is 9.80 Å². The van der Waals surface area contributed by atoms with E-state index in [2.05, 4.69) is 16.8 Å². The number of rotatable bonds is 6. The molecule has 16 heavy (non-hydrogen) atoms. The molecule has 1 heterocycles. The van der Waals surface area contributed by atoms with Gasteiger partial charge in [0.15, 0.2) is 0 Å². The molecule has 1 saturated heterocycles. The third kappa shape index (κ3) is 5.58. The number of likely N-dealkylation sites (N-methyl/N-ethyl adjacent to an activating group) is 1. The van der Waals surface area contributed by atoms with Gasteiger partial charge in [0.05, 0.1) is 6.42 Å². The highest BCUT2D eigenvalue weighted by Gasteiger charge is 2.14. The molecule has 94 valence electrons. The van der Waals surface area contributed by atoms with Crippen LogP contribution in [0.3, 0.4) is 0 Å². The summed E-state index contributed by atoms with van der Waals surface area (Å²) >= 11 is 0. The van der Waals surface area contributed by atoms with Gasteiger partial charge in [-0.3, -0.25) is 13.9 Å². The molecule has 1 fully saturated rings. The van der Waals surface area contributed by atoms with E-state index in [-0.39, 0.29) is 12.2 Å². The number of hydrogen-bond acceptors (Lipinski definition) is 4. The first-order valence-corrected chi connectivity index (χ1v) is 7.04. The van der Waals surface area contributed by atoms with Crippen molar-refractivity contribution in [2.45, 2.75) is 6.42 Å². The number of aliphatic carboxylic acids is 1. The van der Waals surface area contributed by atoms with Crippen molar-refractivity contribution in [1.29, 1.82) is 0 Å². The molecule has 0 aromatic heterocycles. The number of piperazine rings is 1. The van der Waals surface area contributed by atoms with E-state index >= 15 is 0 Å². The number of carbonyl (C=O) groups is 1. The Morgan fingerprint density at radius 2 is 1.88 bits per heavy atom. The van der Waals surface area contributed by atoms with E-state index in [1.54, 1.807) is 0 Å². The fourth-order valence-corrected chi connectivity index (χ4v) is 2.67. The van der Waals surface area contributed by atoms with Crippen LogP contribution in [-0.2, 0) is 15.6 Å². The van der Waals surface area contributed by atoms with Crippen LogP contribution in [0.5, 0.6) is 0 Å². The Morgan fingerprint density at radius 1 is 1.25 bits per heavy atom. The molecule has 1 N–H and O–H groups in total. The second kappa shape index (κ2) is 6.98.